The number of fused-ring (bicyclic) bond motifs is 1. The fraction of sp³-hybridized carbons (Fsp3) is 0.214. The van der Waals surface area contributed by atoms with Gasteiger partial charge in [-0.2, -0.15) is 0 Å². The van der Waals surface area contributed by atoms with E-state index in [1.165, 1.54) is 16.3 Å². The minimum absolute atomic E-state index is 0.173. The monoisotopic (exact) mass is 225 g/mol. The third-order valence-corrected chi connectivity index (χ3v) is 3.36. The van der Waals surface area contributed by atoms with Crippen LogP contribution in [0.4, 0.5) is 0 Å². The van der Waals surface area contributed by atoms with Gasteiger partial charge in [-0.3, -0.25) is 4.99 Å². The summed E-state index contributed by atoms with van der Waals surface area (Å²) in [5, 5.41) is 5.74. The van der Waals surface area contributed by atoms with E-state index in [0.717, 1.165) is 0 Å². The maximum atomic E-state index is 5.70. The Morgan fingerprint density at radius 1 is 1.18 bits per heavy atom. The van der Waals surface area contributed by atoms with Gasteiger partial charge in [0.1, 0.15) is 0 Å². The first-order valence-electron chi connectivity index (χ1n) is 5.75. The number of guanidine groups is 1. The lowest BCUT2D eigenvalue weighted by Crippen LogP contribution is -2.42. The van der Waals surface area contributed by atoms with E-state index in [9.17, 15) is 0 Å². The highest BCUT2D eigenvalue weighted by atomic mass is 15.2. The Labute approximate surface area is 100 Å². The largest absolute Gasteiger partial charge is 0.370 e. The molecule has 2 aromatic rings. The summed E-state index contributed by atoms with van der Waals surface area (Å²) in [4.78, 5) is 4.23. The minimum atomic E-state index is -0.173. The normalized spacial score (nSPS) is 23.5. The summed E-state index contributed by atoms with van der Waals surface area (Å²) >= 11 is 0. The Morgan fingerprint density at radius 2 is 1.94 bits per heavy atom. The van der Waals surface area contributed by atoms with Gasteiger partial charge >= 0.3 is 0 Å². The first-order chi connectivity index (χ1) is 8.17. The molecular formula is C14H15N3. The zero-order chi connectivity index (χ0) is 11.9. The molecule has 3 N–H and O–H groups in total. The second kappa shape index (κ2) is 3.48. The highest BCUT2D eigenvalue weighted by Crippen LogP contribution is 2.27. The van der Waals surface area contributed by atoms with Crippen LogP contribution in [0.25, 0.3) is 10.8 Å². The Morgan fingerprint density at radius 3 is 2.65 bits per heavy atom. The summed E-state index contributed by atoms with van der Waals surface area (Å²) in [5.41, 5.74) is 6.75. The van der Waals surface area contributed by atoms with Gasteiger partial charge in [-0.15, -0.1) is 0 Å². The molecule has 0 radical (unpaired) electrons. The van der Waals surface area contributed by atoms with Crippen molar-refractivity contribution in [2.24, 2.45) is 10.7 Å². The average Bonchev–Trinajstić information content (AvgIpc) is 2.70. The van der Waals surface area contributed by atoms with Crippen LogP contribution in [0.5, 0.6) is 0 Å². The van der Waals surface area contributed by atoms with E-state index in [1.54, 1.807) is 0 Å². The Kier molecular flexibility index (Phi) is 2.08. The summed E-state index contributed by atoms with van der Waals surface area (Å²) in [6.45, 7) is 2.82. The summed E-state index contributed by atoms with van der Waals surface area (Å²) in [6, 6.07) is 14.8. The molecule has 0 amide bonds. The van der Waals surface area contributed by atoms with Gasteiger partial charge < -0.3 is 11.1 Å². The molecule has 0 spiro atoms. The van der Waals surface area contributed by atoms with Crippen LogP contribution in [-0.2, 0) is 5.54 Å². The zero-order valence-electron chi connectivity index (χ0n) is 9.77. The topological polar surface area (TPSA) is 50.4 Å². The number of rotatable bonds is 1. The molecule has 0 saturated heterocycles. The molecule has 3 nitrogen and oxygen atoms in total. The number of nitrogens with zero attached hydrogens (tertiary/aromatic N) is 1. The van der Waals surface area contributed by atoms with E-state index in [-0.39, 0.29) is 5.54 Å². The number of hydrogen-bond donors (Lipinski definition) is 2. The molecular weight excluding hydrogens is 210 g/mol. The maximum Gasteiger partial charge on any atom is 0.189 e. The number of aliphatic imine (C=N–C) groups is 1. The molecule has 2 aromatic carbocycles. The molecule has 3 heteroatoms. The molecule has 0 saturated carbocycles. The fourth-order valence-corrected chi connectivity index (χ4v) is 2.30. The maximum absolute atomic E-state index is 5.70. The first-order valence-corrected chi connectivity index (χ1v) is 5.75. The lowest BCUT2D eigenvalue weighted by Gasteiger charge is -2.25. The summed E-state index contributed by atoms with van der Waals surface area (Å²) in [7, 11) is 0. The molecule has 1 unspecified atom stereocenters. The molecule has 86 valence electrons. The SMILES string of the molecule is CC1(c2ccc3ccccc3c2)CN=C(N)N1. The predicted octanol–water partition coefficient (Wildman–Crippen LogP) is 1.97. The Hall–Kier alpha value is -2.03. The van der Waals surface area contributed by atoms with E-state index in [4.69, 9.17) is 5.73 Å². The number of nitrogens with two attached hydrogens (primary N) is 1. The molecule has 0 aliphatic carbocycles. The molecule has 0 bridgehead atoms. The number of hydrogen-bond acceptors (Lipinski definition) is 3. The van der Waals surface area contributed by atoms with Crippen molar-refractivity contribution < 1.29 is 0 Å². The second-order valence-corrected chi connectivity index (χ2v) is 4.72. The van der Waals surface area contributed by atoms with E-state index in [1.807, 2.05) is 0 Å². The van der Waals surface area contributed by atoms with E-state index < -0.39 is 0 Å². The summed E-state index contributed by atoms with van der Waals surface area (Å²) in [6.07, 6.45) is 0. The van der Waals surface area contributed by atoms with Crippen molar-refractivity contribution in [1.82, 2.24) is 5.32 Å². The lowest BCUT2D eigenvalue weighted by molar-refractivity contribution is 0.480. The van der Waals surface area contributed by atoms with Crippen molar-refractivity contribution in [2.45, 2.75) is 12.5 Å². The van der Waals surface area contributed by atoms with E-state index in [0.29, 0.717) is 12.5 Å². The third kappa shape index (κ3) is 1.64. The number of nitrogens with one attached hydrogen (secondary N) is 1. The molecule has 3 rings (SSSR count). The van der Waals surface area contributed by atoms with Crippen LogP contribution in [-0.4, -0.2) is 12.5 Å². The Balaban J connectivity index is 2.07. The van der Waals surface area contributed by atoms with E-state index >= 15 is 0 Å². The highest BCUT2D eigenvalue weighted by Gasteiger charge is 2.31. The van der Waals surface area contributed by atoms with Crippen LogP contribution in [0.3, 0.4) is 0 Å². The zero-order valence-corrected chi connectivity index (χ0v) is 9.77. The van der Waals surface area contributed by atoms with Gasteiger partial charge in [-0.25, -0.2) is 0 Å². The standard InChI is InChI=1S/C14H15N3/c1-14(9-16-13(15)17-14)12-7-6-10-4-2-3-5-11(10)8-12/h2-8H,9H2,1H3,(H3,15,16,17). The van der Waals surface area contributed by atoms with E-state index in [2.05, 4.69) is 59.7 Å². The van der Waals surface area contributed by atoms with Crippen molar-refractivity contribution in [3.05, 3.63) is 48.0 Å². The van der Waals surface area contributed by atoms with Gasteiger partial charge in [0.25, 0.3) is 0 Å². The average molecular weight is 225 g/mol. The molecule has 1 atom stereocenters. The van der Waals surface area contributed by atoms with Crippen LogP contribution >= 0.6 is 0 Å². The smallest absolute Gasteiger partial charge is 0.189 e. The van der Waals surface area contributed by atoms with Crippen LogP contribution in [0.1, 0.15) is 12.5 Å². The lowest BCUT2D eigenvalue weighted by atomic mass is 9.91. The molecule has 1 aliphatic heterocycles. The predicted molar refractivity (Wildman–Crippen MR) is 70.9 cm³/mol. The fourth-order valence-electron chi connectivity index (χ4n) is 2.30. The molecule has 1 aliphatic rings. The van der Waals surface area contributed by atoms with Crippen molar-refractivity contribution in [3.8, 4) is 0 Å². The van der Waals surface area contributed by atoms with Crippen molar-refractivity contribution in [2.75, 3.05) is 6.54 Å². The second-order valence-electron chi connectivity index (χ2n) is 4.72. The molecule has 0 aromatic heterocycles. The molecule has 1 heterocycles. The van der Waals surface area contributed by atoms with Crippen LogP contribution in [0.15, 0.2) is 47.5 Å². The third-order valence-electron chi connectivity index (χ3n) is 3.36. The van der Waals surface area contributed by atoms with Gasteiger partial charge in [0.15, 0.2) is 5.96 Å². The number of benzene rings is 2. The van der Waals surface area contributed by atoms with Gasteiger partial charge in [0.05, 0.1) is 12.1 Å². The molecule has 0 fully saturated rings. The van der Waals surface area contributed by atoms with Crippen LogP contribution in [0.2, 0.25) is 0 Å². The summed E-state index contributed by atoms with van der Waals surface area (Å²) in [5.74, 6) is 0.528. The van der Waals surface area contributed by atoms with Gasteiger partial charge in [0.2, 0.25) is 0 Å². The van der Waals surface area contributed by atoms with Crippen molar-refractivity contribution in [3.63, 3.8) is 0 Å². The van der Waals surface area contributed by atoms with Gasteiger partial charge in [0, 0.05) is 0 Å². The molecule has 17 heavy (non-hydrogen) atoms. The highest BCUT2D eigenvalue weighted by molar-refractivity contribution is 5.84. The Bertz CT molecular complexity index is 603. The van der Waals surface area contributed by atoms with Crippen molar-refractivity contribution >= 4 is 16.7 Å². The minimum Gasteiger partial charge on any atom is -0.370 e. The van der Waals surface area contributed by atoms with Crippen molar-refractivity contribution in [1.29, 1.82) is 0 Å². The quantitative estimate of drug-likeness (QED) is 0.779. The van der Waals surface area contributed by atoms with Gasteiger partial charge in [-0.05, 0) is 29.3 Å². The summed E-state index contributed by atoms with van der Waals surface area (Å²) < 4.78 is 0. The van der Waals surface area contributed by atoms with Crippen LogP contribution < -0.4 is 11.1 Å². The first kappa shape index (κ1) is 10.1. The van der Waals surface area contributed by atoms with Crippen LogP contribution in [0, 0.1) is 0 Å². The van der Waals surface area contributed by atoms with Gasteiger partial charge in [-0.1, -0.05) is 36.4 Å².